The lowest BCUT2D eigenvalue weighted by molar-refractivity contribution is -0.119. The van der Waals surface area contributed by atoms with Gasteiger partial charge >= 0.3 is 0 Å². The molecule has 9 heteroatoms. The molecule has 4 heterocycles. The van der Waals surface area contributed by atoms with Crippen LogP contribution >= 0.6 is 0 Å². The van der Waals surface area contributed by atoms with Crippen molar-refractivity contribution in [2.24, 2.45) is 11.7 Å². The van der Waals surface area contributed by atoms with Crippen molar-refractivity contribution in [3.05, 3.63) is 36.2 Å². The second-order valence-electron chi connectivity index (χ2n) is 8.23. The van der Waals surface area contributed by atoms with Crippen molar-refractivity contribution < 1.29 is 9.59 Å². The molecule has 164 valence electrons. The summed E-state index contributed by atoms with van der Waals surface area (Å²) in [6.07, 6.45) is 6.68. The number of carbonyl (C=O) groups is 2. The normalized spacial score (nSPS) is 21.6. The van der Waals surface area contributed by atoms with E-state index >= 15 is 0 Å². The summed E-state index contributed by atoms with van der Waals surface area (Å²) < 4.78 is 0. The van der Waals surface area contributed by atoms with Crippen molar-refractivity contribution in [3.63, 3.8) is 0 Å². The van der Waals surface area contributed by atoms with Gasteiger partial charge in [-0.25, -0.2) is 9.97 Å². The van der Waals surface area contributed by atoms with Crippen LogP contribution in [0.15, 0.2) is 30.6 Å². The van der Waals surface area contributed by atoms with E-state index in [-0.39, 0.29) is 11.9 Å². The number of hydrogen-bond acceptors (Lipinski definition) is 7. The number of nitrogens with zero attached hydrogens (tertiary/aromatic N) is 3. The zero-order valence-electron chi connectivity index (χ0n) is 17.7. The second-order valence-corrected chi connectivity index (χ2v) is 8.23. The number of aromatic nitrogens is 2. The van der Waals surface area contributed by atoms with E-state index < -0.39 is 5.91 Å². The number of rotatable bonds is 6. The third-order valence-corrected chi connectivity index (χ3v) is 5.93. The summed E-state index contributed by atoms with van der Waals surface area (Å²) in [4.78, 5) is 34.5. The lowest BCUT2D eigenvalue weighted by atomic mass is 9.95. The number of hydrogen-bond donors (Lipinski definition) is 4. The summed E-state index contributed by atoms with van der Waals surface area (Å²) >= 11 is 0. The van der Waals surface area contributed by atoms with Gasteiger partial charge in [0.1, 0.15) is 11.6 Å². The molecule has 9 nitrogen and oxygen atoms in total. The molecule has 0 bridgehead atoms. The maximum Gasteiger partial charge on any atom is 0.252 e. The Balaban J connectivity index is 1.50. The lowest BCUT2D eigenvalue weighted by Crippen LogP contribution is -2.42. The highest BCUT2D eigenvalue weighted by Crippen LogP contribution is 2.26. The largest absolute Gasteiger partial charge is 0.381 e. The van der Waals surface area contributed by atoms with Crippen LogP contribution in [0.3, 0.4) is 0 Å². The van der Waals surface area contributed by atoms with Gasteiger partial charge in [-0.15, -0.1) is 0 Å². The van der Waals surface area contributed by atoms with Gasteiger partial charge < -0.3 is 26.6 Å². The van der Waals surface area contributed by atoms with Crippen LogP contribution in [0.25, 0.3) is 0 Å². The number of amides is 2. The van der Waals surface area contributed by atoms with Gasteiger partial charge in [0.2, 0.25) is 5.91 Å². The monoisotopic (exact) mass is 423 g/mol. The van der Waals surface area contributed by atoms with Crippen molar-refractivity contribution in [1.82, 2.24) is 15.3 Å². The van der Waals surface area contributed by atoms with Gasteiger partial charge in [0.05, 0.1) is 23.1 Å². The molecule has 4 rings (SSSR count). The molecule has 0 spiro atoms. The van der Waals surface area contributed by atoms with Crippen LogP contribution in [0, 0.1) is 5.92 Å². The Kier molecular flexibility index (Phi) is 6.31. The fraction of sp³-hybridized carbons (Fsp3) is 0.455. The molecule has 0 saturated carbocycles. The van der Waals surface area contributed by atoms with E-state index in [2.05, 4.69) is 32.8 Å². The Morgan fingerprint density at radius 3 is 2.77 bits per heavy atom. The molecule has 0 unspecified atom stereocenters. The van der Waals surface area contributed by atoms with Gasteiger partial charge in [0.15, 0.2) is 0 Å². The maximum absolute atomic E-state index is 12.1. The molecule has 2 atom stereocenters. The van der Waals surface area contributed by atoms with E-state index in [0.29, 0.717) is 35.2 Å². The van der Waals surface area contributed by atoms with Gasteiger partial charge in [-0.1, -0.05) is 6.92 Å². The number of primary amides is 1. The molecule has 2 aliphatic heterocycles. The van der Waals surface area contributed by atoms with Gasteiger partial charge in [0, 0.05) is 31.3 Å². The fourth-order valence-corrected chi connectivity index (χ4v) is 4.10. The first-order chi connectivity index (χ1) is 15.0. The molecule has 2 amide bonds. The standard InChI is InChI=1S/C22H29N7O2/c1-14-11-24-8-7-17(14)27-18-10-20(26-13-16(18)22(23)31)28-19-6-5-15(12-25-19)29-9-3-2-4-21(29)30/h5-6,10,12-14,17,24H,2-4,7-9,11H2,1H3,(H2,23,31)(H2,25,26,27,28)/t14-,17+/m0/s1. The van der Waals surface area contributed by atoms with Crippen molar-refractivity contribution in [2.45, 2.75) is 38.6 Å². The average molecular weight is 424 g/mol. The number of nitrogens with two attached hydrogens (primary N) is 1. The summed E-state index contributed by atoms with van der Waals surface area (Å²) in [5.74, 6) is 1.21. The lowest BCUT2D eigenvalue weighted by Gasteiger charge is -2.31. The predicted molar refractivity (Wildman–Crippen MR) is 121 cm³/mol. The van der Waals surface area contributed by atoms with Gasteiger partial charge in [-0.05, 0) is 50.4 Å². The van der Waals surface area contributed by atoms with E-state index in [0.717, 1.165) is 44.6 Å². The highest BCUT2D eigenvalue weighted by atomic mass is 16.2. The molecule has 2 aromatic rings. The summed E-state index contributed by atoms with van der Waals surface area (Å²) in [5, 5.41) is 10.0. The SMILES string of the molecule is C[C@H]1CNCC[C@H]1Nc1cc(Nc2ccc(N3CCCCC3=O)cn2)ncc1C(N)=O. The molecule has 0 aliphatic carbocycles. The summed E-state index contributed by atoms with van der Waals surface area (Å²) in [6, 6.07) is 5.74. The van der Waals surface area contributed by atoms with Crippen molar-refractivity contribution in [1.29, 1.82) is 0 Å². The quantitative estimate of drug-likeness (QED) is 0.561. The Morgan fingerprint density at radius 2 is 2.06 bits per heavy atom. The Bertz CT molecular complexity index is 947. The first-order valence-electron chi connectivity index (χ1n) is 10.8. The molecule has 5 N–H and O–H groups in total. The number of carbonyl (C=O) groups excluding carboxylic acids is 2. The third kappa shape index (κ3) is 4.93. The van der Waals surface area contributed by atoms with Gasteiger partial charge in [-0.3, -0.25) is 9.59 Å². The van der Waals surface area contributed by atoms with Crippen LogP contribution in [-0.4, -0.2) is 47.5 Å². The molecule has 0 radical (unpaired) electrons. The Labute approximate surface area is 181 Å². The maximum atomic E-state index is 12.1. The fourth-order valence-electron chi connectivity index (χ4n) is 4.10. The van der Waals surface area contributed by atoms with Crippen molar-refractivity contribution in [3.8, 4) is 0 Å². The highest BCUT2D eigenvalue weighted by molar-refractivity contribution is 5.98. The average Bonchev–Trinajstić information content (AvgIpc) is 2.76. The second kappa shape index (κ2) is 9.30. The topological polar surface area (TPSA) is 125 Å². The van der Waals surface area contributed by atoms with E-state index in [1.807, 2.05) is 12.1 Å². The smallest absolute Gasteiger partial charge is 0.252 e. The van der Waals surface area contributed by atoms with Crippen LogP contribution in [0.2, 0.25) is 0 Å². The van der Waals surface area contributed by atoms with Crippen LogP contribution in [0.4, 0.5) is 23.0 Å². The molecule has 2 aliphatic rings. The molecule has 2 aromatic heterocycles. The van der Waals surface area contributed by atoms with Gasteiger partial charge in [-0.2, -0.15) is 0 Å². The number of anilines is 4. The molecular weight excluding hydrogens is 394 g/mol. The zero-order chi connectivity index (χ0) is 21.8. The zero-order valence-corrected chi connectivity index (χ0v) is 17.7. The van der Waals surface area contributed by atoms with Gasteiger partial charge in [0.25, 0.3) is 5.91 Å². The minimum Gasteiger partial charge on any atom is -0.381 e. The first kappa shape index (κ1) is 21.0. The Hall–Kier alpha value is -3.20. The van der Waals surface area contributed by atoms with E-state index in [1.54, 1.807) is 17.2 Å². The predicted octanol–water partition coefficient (Wildman–Crippen LogP) is 2.25. The van der Waals surface area contributed by atoms with E-state index in [9.17, 15) is 9.59 Å². The summed E-state index contributed by atoms with van der Waals surface area (Å²) in [7, 11) is 0. The molecule has 2 fully saturated rings. The molecule has 0 aromatic carbocycles. The van der Waals surface area contributed by atoms with Crippen LogP contribution in [-0.2, 0) is 4.79 Å². The number of pyridine rings is 2. The summed E-state index contributed by atoms with van der Waals surface area (Å²) in [5.41, 5.74) is 7.39. The molecular formula is C22H29N7O2. The van der Waals surface area contributed by atoms with Crippen molar-refractivity contribution in [2.75, 3.05) is 35.2 Å². The number of nitrogens with one attached hydrogen (secondary N) is 3. The molecule has 2 saturated heterocycles. The highest BCUT2D eigenvalue weighted by Gasteiger charge is 2.23. The van der Waals surface area contributed by atoms with Crippen LogP contribution < -0.4 is 26.6 Å². The molecule has 31 heavy (non-hydrogen) atoms. The van der Waals surface area contributed by atoms with Crippen LogP contribution in [0.5, 0.6) is 0 Å². The van der Waals surface area contributed by atoms with Crippen LogP contribution in [0.1, 0.15) is 43.0 Å². The first-order valence-corrected chi connectivity index (χ1v) is 10.8. The summed E-state index contributed by atoms with van der Waals surface area (Å²) in [6.45, 7) is 4.76. The van der Waals surface area contributed by atoms with E-state index in [1.165, 1.54) is 6.20 Å². The Morgan fingerprint density at radius 1 is 1.23 bits per heavy atom. The van der Waals surface area contributed by atoms with Crippen molar-refractivity contribution >= 4 is 34.8 Å². The van der Waals surface area contributed by atoms with E-state index in [4.69, 9.17) is 5.73 Å². The minimum absolute atomic E-state index is 0.139. The third-order valence-electron chi connectivity index (χ3n) is 5.93. The minimum atomic E-state index is -0.517. The number of piperidine rings is 2.